The van der Waals surface area contributed by atoms with Crippen molar-refractivity contribution in [2.45, 2.75) is 77.4 Å². The predicted molar refractivity (Wildman–Crippen MR) is 165 cm³/mol. The number of nitrogens with zero attached hydrogens (tertiary/aromatic N) is 3. The van der Waals surface area contributed by atoms with E-state index in [2.05, 4.69) is 31.9 Å². The summed E-state index contributed by atoms with van der Waals surface area (Å²) in [6, 6.07) is -4.26. The van der Waals surface area contributed by atoms with Crippen LogP contribution >= 0.6 is 0 Å². The monoisotopic (exact) mass is 763 g/mol. The molecule has 0 aliphatic carbocycles. The fourth-order valence-electron chi connectivity index (χ4n) is 4.16. The van der Waals surface area contributed by atoms with E-state index in [1.807, 2.05) is 0 Å². The fourth-order valence-corrected chi connectivity index (χ4v) is 4.16. The molecule has 3 atom stereocenters. The molecule has 0 aromatic carbocycles. The Labute approximate surface area is 321 Å². The van der Waals surface area contributed by atoms with E-state index in [1.165, 1.54) is 0 Å². The first-order valence-electron chi connectivity index (χ1n) is 15.1. The normalized spacial score (nSPS) is 19.2. The molecule has 0 spiro atoms. The zero-order chi connectivity index (χ0) is 36.4. The van der Waals surface area contributed by atoms with Crippen LogP contribution in [0.4, 0.5) is 0 Å². The molecule has 21 nitrogen and oxygen atoms in total. The van der Waals surface area contributed by atoms with Gasteiger partial charge in [-0.1, -0.05) is 0 Å². The van der Waals surface area contributed by atoms with Crippen molar-refractivity contribution < 1.29 is 89.8 Å². The molecular weight excluding hydrogens is 721 g/mol. The van der Waals surface area contributed by atoms with Gasteiger partial charge in [0.05, 0.1) is 19.6 Å². The maximum absolute atomic E-state index is 13.5. The average molecular weight is 764 g/mol. The fraction of sp³-hybridized carbons (Fsp3) is 0.667. The molecule has 9 amide bonds. The topological polar surface area (TPSA) is 305 Å². The van der Waals surface area contributed by atoms with Gasteiger partial charge < -0.3 is 62.7 Å². The third-order valence-corrected chi connectivity index (χ3v) is 6.85. The Bertz CT molecular complexity index is 1190. The summed E-state index contributed by atoms with van der Waals surface area (Å²) in [5.74, 6) is -7.58. The summed E-state index contributed by atoms with van der Waals surface area (Å²) in [5.41, 5.74) is 0. The molecule has 23 heteroatoms. The van der Waals surface area contributed by atoms with Crippen LogP contribution in [-0.4, -0.2) is 126 Å². The molecule has 3 unspecified atom stereocenters. The zero-order valence-electron chi connectivity index (χ0n) is 28.3. The second kappa shape index (κ2) is 25.6. The van der Waals surface area contributed by atoms with E-state index >= 15 is 0 Å². The molecular formula is C27H42FeN9NaO12+. The Balaban J connectivity index is 0. The van der Waals surface area contributed by atoms with Crippen LogP contribution in [0.5, 0.6) is 0 Å². The van der Waals surface area contributed by atoms with Crippen LogP contribution in [0.3, 0.4) is 0 Å². The third-order valence-electron chi connectivity index (χ3n) is 6.85. The number of hydrogen-bond donors (Lipinski definition) is 6. The maximum atomic E-state index is 13.5. The number of amides is 9. The first-order chi connectivity index (χ1) is 22.5. The number of hydrogen-bond acceptors (Lipinski definition) is 12. The van der Waals surface area contributed by atoms with E-state index in [1.54, 1.807) is 0 Å². The molecule has 0 aromatic heterocycles. The summed E-state index contributed by atoms with van der Waals surface area (Å²) in [6.45, 7) is 0.246. The second-order valence-electron chi connectivity index (χ2n) is 10.8. The molecule has 1 aliphatic heterocycles. The van der Waals surface area contributed by atoms with Gasteiger partial charge in [0, 0.05) is 40.4 Å². The summed E-state index contributed by atoms with van der Waals surface area (Å²) in [5, 5.41) is 49.6. The summed E-state index contributed by atoms with van der Waals surface area (Å²) in [7, 11) is 0. The molecule has 1 radical (unpaired) electrons. The Kier molecular flexibility index (Phi) is 24.9. The molecule has 1 heterocycles. The zero-order valence-corrected chi connectivity index (χ0v) is 31.4. The van der Waals surface area contributed by atoms with Gasteiger partial charge in [0.15, 0.2) is 0 Å². The minimum atomic E-state index is -1.46. The molecule has 6 N–H and O–H groups in total. The summed E-state index contributed by atoms with van der Waals surface area (Å²) < 4.78 is 0. The van der Waals surface area contributed by atoms with Gasteiger partial charge in [-0.25, -0.2) is 0 Å². The van der Waals surface area contributed by atoms with Gasteiger partial charge in [-0.2, -0.15) is 0 Å². The molecule has 1 aliphatic rings. The van der Waals surface area contributed by atoms with Crippen molar-refractivity contribution in [2.24, 2.45) is 0 Å². The van der Waals surface area contributed by atoms with Gasteiger partial charge in [-0.3, -0.25) is 43.2 Å². The Morgan fingerprint density at radius 2 is 0.840 bits per heavy atom. The van der Waals surface area contributed by atoms with Crippen LogP contribution in [0, 0.1) is 15.6 Å². The van der Waals surface area contributed by atoms with Crippen LogP contribution in [0.1, 0.15) is 59.3 Å². The molecule has 0 aromatic rings. The summed E-state index contributed by atoms with van der Waals surface area (Å²) in [6.07, 6.45) is -0.885. The van der Waals surface area contributed by atoms with E-state index in [0.29, 0.717) is 0 Å². The molecule has 0 bridgehead atoms. The third kappa shape index (κ3) is 19.7. The quantitative estimate of drug-likeness (QED) is 0.0799. The minimum Gasteiger partial charge on any atom is -0.756 e. The van der Waals surface area contributed by atoms with Crippen LogP contribution in [0.25, 0.3) is 0 Å². The van der Waals surface area contributed by atoms with Crippen molar-refractivity contribution in [1.82, 2.24) is 47.1 Å². The van der Waals surface area contributed by atoms with Gasteiger partial charge in [0.2, 0.25) is 53.2 Å². The SMILES string of the molecule is CC(=O)N([O-])CCCC1NC(=O)CNC(=O)CNC(=O)CNC(=O)C(CCCN([O-])C(C)=O)NC(=O)C(CCCN([O-])C(C)=O)NC1=O.[Fe+3].[Na+]. The molecule has 275 valence electrons. The second-order valence-corrected chi connectivity index (χ2v) is 10.8. The van der Waals surface area contributed by atoms with E-state index in [-0.39, 0.29) is 120 Å². The van der Waals surface area contributed by atoms with Crippen molar-refractivity contribution >= 4 is 53.2 Å². The maximum Gasteiger partial charge on any atom is 3.00 e. The first-order valence-corrected chi connectivity index (χ1v) is 15.1. The molecule has 1 rings (SSSR count). The Morgan fingerprint density at radius 3 is 1.20 bits per heavy atom. The standard InChI is InChI=1S/C27H42N9O12.Fe.Na/c1-16(37)34(46)10-4-7-19-25(43)30-14-23(41)28-13-22(40)29-15-24(42)31-20(8-5-11-35(47)17(2)38)26(44)33-21(27(45)32-19)9-6-12-36(48)18(3)39;;/h19-21H,4-15H2,1-3H3,(H,28,41)(H,29,40)(H,30,43)(H,31,42)(H,32,45)(H,33,44);;/q-3;+3;+1. The van der Waals surface area contributed by atoms with Gasteiger partial charge in [0.25, 0.3) is 0 Å². The molecule has 50 heavy (non-hydrogen) atoms. The van der Waals surface area contributed by atoms with Crippen LogP contribution in [0.15, 0.2) is 0 Å². The number of hydroxylamine groups is 6. The number of nitrogens with one attached hydrogen (secondary N) is 6. The minimum absolute atomic E-state index is 0. The van der Waals surface area contributed by atoms with Crippen molar-refractivity contribution in [3.05, 3.63) is 15.6 Å². The molecule has 1 saturated heterocycles. The van der Waals surface area contributed by atoms with E-state index in [4.69, 9.17) is 0 Å². The number of rotatable bonds is 12. The van der Waals surface area contributed by atoms with Gasteiger partial charge in [-0.15, -0.1) is 0 Å². The van der Waals surface area contributed by atoms with E-state index in [0.717, 1.165) is 20.8 Å². The number of carbonyl (C=O) groups is 9. The first kappa shape index (κ1) is 48.7. The van der Waals surface area contributed by atoms with Gasteiger partial charge in [0.1, 0.15) is 18.1 Å². The average Bonchev–Trinajstić information content (AvgIpc) is 3.02. The molecule has 1 fully saturated rings. The van der Waals surface area contributed by atoms with Gasteiger partial charge >= 0.3 is 46.6 Å². The van der Waals surface area contributed by atoms with Crippen LogP contribution < -0.4 is 61.5 Å². The smallest absolute Gasteiger partial charge is 0.756 e. The Morgan fingerprint density at radius 1 is 0.540 bits per heavy atom. The van der Waals surface area contributed by atoms with E-state index in [9.17, 15) is 58.8 Å². The summed E-state index contributed by atoms with van der Waals surface area (Å²) >= 11 is 0. The van der Waals surface area contributed by atoms with Crippen molar-refractivity contribution in [3.63, 3.8) is 0 Å². The van der Waals surface area contributed by atoms with Crippen molar-refractivity contribution in [3.8, 4) is 0 Å². The van der Waals surface area contributed by atoms with Gasteiger partial charge in [-0.05, 0) is 38.5 Å². The largest absolute Gasteiger partial charge is 3.00 e. The van der Waals surface area contributed by atoms with Crippen molar-refractivity contribution in [1.29, 1.82) is 0 Å². The molecule has 0 saturated carbocycles. The van der Waals surface area contributed by atoms with Crippen LogP contribution in [0.2, 0.25) is 0 Å². The summed E-state index contributed by atoms with van der Waals surface area (Å²) in [4.78, 5) is 111. The van der Waals surface area contributed by atoms with E-state index < -0.39 is 90.9 Å². The predicted octanol–water partition coefficient (Wildman–Crippen LogP) is -6.82. The number of carbonyl (C=O) groups excluding carboxylic acids is 9. The Hall–Kier alpha value is -3.37. The van der Waals surface area contributed by atoms with Crippen molar-refractivity contribution in [2.75, 3.05) is 39.3 Å². The van der Waals surface area contributed by atoms with Crippen LogP contribution in [-0.2, 0) is 60.2 Å².